The molecule has 3 rings (SSSR count). The van der Waals surface area contributed by atoms with Gasteiger partial charge in [0.05, 0.1) is 6.20 Å². The number of amides is 2. The third-order valence-corrected chi connectivity index (χ3v) is 3.14. The number of hydrogen-bond donors (Lipinski definition) is 2. The van der Waals surface area contributed by atoms with Crippen molar-refractivity contribution in [2.45, 2.75) is 0 Å². The first kappa shape index (κ1) is 16.2. The molecule has 126 valence electrons. The standard InChI is InChI=1S/C16H14N6O3/c23-14(12-10-17-6-7-18-12)19-8-9-20-15(24)16-21-13(22-25-16)11-4-2-1-3-5-11/h1-7,10H,8-9H2,(H,19,23)(H,20,24). The number of carbonyl (C=O) groups is 2. The fraction of sp³-hybridized carbons (Fsp3) is 0.125. The van der Waals surface area contributed by atoms with Crippen LogP contribution in [-0.2, 0) is 0 Å². The second-order valence-corrected chi connectivity index (χ2v) is 4.89. The van der Waals surface area contributed by atoms with Gasteiger partial charge in [0.15, 0.2) is 0 Å². The molecule has 9 heteroatoms. The van der Waals surface area contributed by atoms with Crippen molar-refractivity contribution in [3.8, 4) is 11.4 Å². The zero-order valence-electron chi connectivity index (χ0n) is 13.0. The number of nitrogens with one attached hydrogen (secondary N) is 2. The number of aromatic nitrogens is 4. The number of benzene rings is 1. The van der Waals surface area contributed by atoms with Gasteiger partial charge in [-0.25, -0.2) is 4.98 Å². The van der Waals surface area contributed by atoms with Gasteiger partial charge in [-0.15, -0.1) is 0 Å². The lowest BCUT2D eigenvalue weighted by Gasteiger charge is -2.04. The molecule has 2 aromatic heterocycles. The zero-order valence-corrected chi connectivity index (χ0v) is 13.0. The first-order valence-corrected chi connectivity index (χ1v) is 7.45. The van der Waals surface area contributed by atoms with E-state index in [1.165, 1.54) is 18.6 Å². The third kappa shape index (κ3) is 4.22. The Bertz CT molecular complexity index is 851. The van der Waals surface area contributed by atoms with Crippen LogP contribution in [0.2, 0.25) is 0 Å². The molecule has 25 heavy (non-hydrogen) atoms. The van der Waals surface area contributed by atoms with Crippen LogP contribution >= 0.6 is 0 Å². The van der Waals surface area contributed by atoms with Gasteiger partial charge in [0.1, 0.15) is 5.69 Å². The van der Waals surface area contributed by atoms with Crippen molar-refractivity contribution in [1.82, 2.24) is 30.7 Å². The van der Waals surface area contributed by atoms with Crippen molar-refractivity contribution in [3.05, 3.63) is 60.5 Å². The summed E-state index contributed by atoms with van der Waals surface area (Å²) in [6.45, 7) is 0.425. The summed E-state index contributed by atoms with van der Waals surface area (Å²) in [6, 6.07) is 9.17. The highest BCUT2D eigenvalue weighted by Gasteiger charge is 2.15. The highest BCUT2D eigenvalue weighted by molar-refractivity contribution is 5.92. The molecule has 1 aromatic carbocycles. The summed E-state index contributed by atoms with van der Waals surface area (Å²) in [5.74, 6) is -0.684. The lowest BCUT2D eigenvalue weighted by atomic mass is 10.2. The fourth-order valence-corrected chi connectivity index (χ4v) is 1.95. The van der Waals surface area contributed by atoms with E-state index in [2.05, 4.69) is 30.7 Å². The molecule has 2 amide bonds. The van der Waals surface area contributed by atoms with E-state index in [9.17, 15) is 9.59 Å². The van der Waals surface area contributed by atoms with Gasteiger partial charge in [-0.2, -0.15) is 4.98 Å². The Balaban J connectivity index is 1.47. The molecule has 0 saturated heterocycles. The quantitative estimate of drug-likeness (QED) is 0.634. The predicted octanol–water partition coefficient (Wildman–Crippen LogP) is 0.686. The maximum atomic E-state index is 12.0. The highest BCUT2D eigenvalue weighted by Crippen LogP contribution is 2.14. The molecule has 9 nitrogen and oxygen atoms in total. The Morgan fingerprint density at radius 1 is 1.00 bits per heavy atom. The second kappa shape index (κ2) is 7.77. The van der Waals surface area contributed by atoms with Crippen LogP contribution in [0.25, 0.3) is 11.4 Å². The summed E-state index contributed by atoms with van der Waals surface area (Å²) in [4.78, 5) is 35.4. The predicted molar refractivity (Wildman–Crippen MR) is 86.4 cm³/mol. The molecule has 0 bridgehead atoms. The lowest BCUT2D eigenvalue weighted by molar-refractivity contribution is 0.0897. The van der Waals surface area contributed by atoms with Crippen LogP contribution in [0.5, 0.6) is 0 Å². The Morgan fingerprint density at radius 2 is 1.76 bits per heavy atom. The molecular formula is C16H14N6O3. The molecule has 0 saturated carbocycles. The monoisotopic (exact) mass is 338 g/mol. The van der Waals surface area contributed by atoms with E-state index in [1.807, 2.05) is 30.3 Å². The molecular weight excluding hydrogens is 324 g/mol. The average molecular weight is 338 g/mol. The van der Waals surface area contributed by atoms with Gasteiger partial charge in [-0.1, -0.05) is 35.5 Å². The van der Waals surface area contributed by atoms with E-state index in [0.717, 1.165) is 5.56 Å². The molecule has 0 unspecified atom stereocenters. The molecule has 3 aromatic rings. The molecule has 0 aliphatic rings. The summed E-state index contributed by atoms with van der Waals surface area (Å²) < 4.78 is 4.95. The second-order valence-electron chi connectivity index (χ2n) is 4.89. The highest BCUT2D eigenvalue weighted by atomic mass is 16.5. The first-order chi connectivity index (χ1) is 12.2. The van der Waals surface area contributed by atoms with Crippen LogP contribution in [0.15, 0.2) is 53.4 Å². The first-order valence-electron chi connectivity index (χ1n) is 7.45. The van der Waals surface area contributed by atoms with Crippen molar-refractivity contribution in [2.75, 3.05) is 13.1 Å². The van der Waals surface area contributed by atoms with Crippen LogP contribution in [0, 0.1) is 0 Å². The zero-order chi connectivity index (χ0) is 17.5. The minimum Gasteiger partial charge on any atom is -0.349 e. The lowest BCUT2D eigenvalue weighted by Crippen LogP contribution is -2.35. The van der Waals surface area contributed by atoms with Crippen molar-refractivity contribution in [2.24, 2.45) is 0 Å². The summed E-state index contributed by atoms with van der Waals surface area (Å²) in [5.41, 5.74) is 0.958. The van der Waals surface area contributed by atoms with Crippen molar-refractivity contribution in [3.63, 3.8) is 0 Å². The summed E-state index contributed by atoms with van der Waals surface area (Å²) in [6.07, 6.45) is 4.26. The van der Waals surface area contributed by atoms with Crippen molar-refractivity contribution < 1.29 is 14.1 Å². The molecule has 0 fully saturated rings. The van der Waals surface area contributed by atoms with Gasteiger partial charge in [0, 0.05) is 31.0 Å². The molecule has 0 spiro atoms. The van der Waals surface area contributed by atoms with Gasteiger partial charge >= 0.3 is 11.8 Å². The topological polar surface area (TPSA) is 123 Å². The minimum atomic E-state index is -0.511. The number of carbonyl (C=O) groups excluding carboxylic acids is 2. The Labute approximate surface area is 142 Å². The molecule has 0 aliphatic heterocycles. The van der Waals surface area contributed by atoms with E-state index in [-0.39, 0.29) is 30.6 Å². The molecule has 0 radical (unpaired) electrons. The van der Waals surface area contributed by atoms with E-state index in [4.69, 9.17) is 4.52 Å². The van der Waals surface area contributed by atoms with Gasteiger partial charge in [0.2, 0.25) is 5.82 Å². The maximum Gasteiger partial charge on any atom is 0.316 e. The number of hydrogen-bond acceptors (Lipinski definition) is 7. The van der Waals surface area contributed by atoms with E-state index >= 15 is 0 Å². The number of rotatable bonds is 6. The normalized spacial score (nSPS) is 10.2. The maximum absolute atomic E-state index is 12.0. The molecule has 0 aliphatic carbocycles. The Morgan fingerprint density at radius 3 is 2.48 bits per heavy atom. The van der Waals surface area contributed by atoms with Crippen LogP contribution in [0.3, 0.4) is 0 Å². The molecule has 2 N–H and O–H groups in total. The molecule has 2 heterocycles. The number of nitrogens with zero attached hydrogens (tertiary/aromatic N) is 4. The Hall–Kier alpha value is -3.62. The van der Waals surface area contributed by atoms with Crippen molar-refractivity contribution >= 4 is 11.8 Å². The van der Waals surface area contributed by atoms with Crippen LogP contribution in [0.4, 0.5) is 0 Å². The van der Waals surface area contributed by atoms with Gasteiger partial charge in [0.25, 0.3) is 5.91 Å². The van der Waals surface area contributed by atoms with Crippen LogP contribution < -0.4 is 10.6 Å². The van der Waals surface area contributed by atoms with Crippen LogP contribution in [0.1, 0.15) is 21.2 Å². The average Bonchev–Trinajstić information content (AvgIpc) is 3.16. The van der Waals surface area contributed by atoms with E-state index in [1.54, 1.807) is 0 Å². The fourth-order valence-electron chi connectivity index (χ4n) is 1.95. The SMILES string of the molecule is O=C(NCCNC(=O)c1nc(-c2ccccc2)no1)c1cnccn1. The summed E-state index contributed by atoms with van der Waals surface area (Å²) in [5, 5.41) is 8.97. The van der Waals surface area contributed by atoms with Crippen LogP contribution in [-0.4, -0.2) is 45.0 Å². The van der Waals surface area contributed by atoms with Gasteiger partial charge < -0.3 is 15.2 Å². The van der Waals surface area contributed by atoms with E-state index in [0.29, 0.717) is 5.82 Å². The largest absolute Gasteiger partial charge is 0.349 e. The summed E-state index contributed by atoms with van der Waals surface area (Å²) >= 11 is 0. The minimum absolute atomic E-state index is 0.140. The summed E-state index contributed by atoms with van der Waals surface area (Å²) in [7, 11) is 0. The van der Waals surface area contributed by atoms with Gasteiger partial charge in [-0.3, -0.25) is 14.6 Å². The smallest absolute Gasteiger partial charge is 0.316 e. The van der Waals surface area contributed by atoms with Gasteiger partial charge in [-0.05, 0) is 0 Å². The third-order valence-electron chi connectivity index (χ3n) is 3.14. The molecule has 0 atom stereocenters. The Kier molecular flexibility index (Phi) is 5.05. The van der Waals surface area contributed by atoms with E-state index < -0.39 is 5.91 Å². The van der Waals surface area contributed by atoms with Crippen molar-refractivity contribution in [1.29, 1.82) is 0 Å².